The van der Waals surface area contributed by atoms with E-state index < -0.39 is 12.0 Å². The van der Waals surface area contributed by atoms with Crippen molar-refractivity contribution >= 4 is 11.7 Å². The van der Waals surface area contributed by atoms with Crippen molar-refractivity contribution in [3.05, 3.63) is 23.8 Å². The number of carboxylic acids is 1. The van der Waals surface area contributed by atoms with Gasteiger partial charge in [-0.1, -0.05) is 32.8 Å². The summed E-state index contributed by atoms with van der Waals surface area (Å²) in [6.45, 7) is 8.60. The van der Waals surface area contributed by atoms with Crippen LogP contribution in [0.25, 0.3) is 0 Å². The molecule has 4 nitrogen and oxygen atoms in total. The topological polar surface area (TPSA) is 49.8 Å². The third-order valence-electron chi connectivity index (χ3n) is 4.91. The molecule has 0 aromatic heterocycles. The molecule has 1 heterocycles. The molecule has 4 heteroatoms. The molecule has 2 atom stereocenters. The molecule has 0 saturated heterocycles. The van der Waals surface area contributed by atoms with Crippen LogP contribution in [-0.2, 0) is 4.79 Å². The van der Waals surface area contributed by atoms with Gasteiger partial charge in [0, 0.05) is 17.3 Å². The molecule has 23 heavy (non-hydrogen) atoms. The normalized spacial score (nSPS) is 20.7. The molecule has 1 aliphatic heterocycles. The molecule has 1 N–H and O–H groups in total. The van der Waals surface area contributed by atoms with Gasteiger partial charge in [-0.25, -0.2) is 4.79 Å². The van der Waals surface area contributed by atoms with Gasteiger partial charge in [-0.2, -0.15) is 0 Å². The first-order valence-electron chi connectivity index (χ1n) is 8.52. The van der Waals surface area contributed by atoms with Crippen molar-refractivity contribution in [2.24, 2.45) is 0 Å². The lowest BCUT2D eigenvalue weighted by Gasteiger charge is -2.50. The van der Waals surface area contributed by atoms with Gasteiger partial charge in [0.05, 0.1) is 7.11 Å². The number of nitrogens with zero attached hydrogens (tertiary/aromatic N) is 1. The molecule has 128 valence electrons. The highest BCUT2D eigenvalue weighted by Gasteiger charge is 2.42. The third-order valence-corrected chi connectivity index (χ3v) is 4.91. The summed E-state index contributed by atoms with van der Waals surface area (Å²) < 4.78 is 5.38. The van der Waals surface area contributed by atoms with Gasteiger partial charge < -0.3 is 14.7 Å². The predicted octanol–water partition coefficient (Wildman–Crippen LogP) is 4.43. The van der Waals surface area contributed by atoms with Crippen LogP contribution in [0.1, 0.15) is 64.9 Å². The summed E-state index contributed by atoms with van der Waals surface area (Å²) in [4.78, 5) is 14.1. The molecule has 1 aromatic rings. The fraction of sp³-hybridized carbons (Fsp3) is 0.632. The van der Waals surface area contributed by atoms with E-state index in [2.05, 4.69) is 38.7 Å². The van der Waals surface area contributed by atoms with Crippen LogP contribution in [0.15, 0.2) is 18.2 Å². The van der Waals surface area contributed by atoms with E-state index in [1.807, 2.05) is 12.1 Å². The van der Waals surface area contributed by atoms with Crippen LogP contribution in [0.5, 0.6) is 5.75 Å². The van der Waals surface area contributed by atoms with E-state index in [0.717, 1.165) is 30.7 Å². The number of aliphatic carboxylic acids is 1. The second kappa shape index (κ2) is 6.81. The minimum Gasteiger partial charge on any atom is -0.497 e. The summed E-state index contributed by atoms with van der Waals surface area (Å²) in [6, 6.07) is 5.55. The standard InChI is InChI=1S/C19H29NO3/c1-6-7-8-16(18(21)22)20-17-11-14(23-5)9-10-15(17)13(2)12-19(20,3)4/h9-11,13,16H,6-8,12H2,1-5H3,(H,21,22)/t13-,16-/m0/s1. The fourth-order valence-corrected chi connectivity index (χ4v) is 3.91. The average Bonchev–Trinajstić information content (AvgIpc) is 2.48. The van der Waals surface area contributed by atoms with Crippen LogP contribution in [0, 0.1) is 0 Å². The zero-order valence-electron chi connectivity index (χ0n) is 14.9. The number of anilines is 1. The lowest BCUT2D eigenvalue weighted by molar-refractivity contribution is -0.139. The smallest absolute Gasteiger partial charge is 0.326 e. The van der Waals surface area contributed by atoms with Crippen LogP contribution < -0.4 is 9.64 Å². The lowest BCUT2D eigenvalue weighted by atomic mass is 9.78. The average molecular weight is 319 g/mol. The Hall–Kier alpha value is -1.71. The number of fused-ring (bicyclic) bond motifs is 1. The highest BCUT2D eigenvalue weighted by atomic mass is 16.5. The Morgan fingerprint density at radius 2 is 2.17 bits per heavy atom. The molecule has 0 spiro atoms. The van der Waals surface area contributed by atoms with Gasteiger partial charge in [0.1, 0.15) is 11.8 Å². The Morgan fingerprint density at radius 1 is 1.48 bits per heavy atom. The summed E-state index contributed by atoms with van der Waals surface area (Å²) in [6.07, 6.45) is 3.53. The van der Waals surface area contributed by atoms with Crippen molar-refractivity contribution in [1.29, 1.82) is 0 Å². The number of unbranched alkanes of at least 4 members (excludes halogenated alkanes) is 1. The van der Waals surface area contributed by atoms with Crippen molar-refractivity contribution in [2.45, 2.75) is 70.9 Å². The number of benzene rings is 1. The Labute approximate surface area is 139 Å². The molecule has 0 unspecified atom stereocenters. The highest BCUT2D eigenvalue weighted by molar-refractivity contribution is 5.80. The van der Waals surface area contributed by atoms with Crippen LogP contribution in [0.4, 0.5) is 5.69 Å². The molecule has 0 aliphatic carbocycles. The quantitative estimate of drug-likeness (QED) is 0.842. The first-order chi connectivity index (χ1) is 10.8. The van der Waals surface area contributed by atoms with E-state index in [-0.39, 0.29) is 5.54 Å². The molecular formula is C19H29NO3. The number of carbonyl (C=O) groups is 1. The summed E-state index contributed by atoms with van der Waals surface area (Å²) in [5.74, 6) is 0.441. The molecule has 0 radical (unpaired) electrons. The predicted molar refractivity (Wildman–Crippen MR) is 93.5 cm³/mol. The number of hydrogen-bond acceptors (Lipinski definition) is 3. The lowest BCUT2D eigenvalue weighted by Crippen LogP contribution is -2.56. The Bertz CT molecular complexity index is 568. The second-order valence-corrected chi connectivity index (χ2v) is 7.21. The summed E-state index contributed by atoms with van der Waals surface area (Å²) in [5.41, 5.74) is 2.03. The third kappa shape index (κ3) is 3.46. The molecule has 0 amide bonds. The largest absolute Gasteiger partial charge is 0.497 e. The minimum atomic E-state index is -0.741. The first kappa shape index (κ1) is 17.6. The SMILES string of the molecule is CCCC[C@@H](C(=O)O)N1c2cc(OC)ccc2[C@@H](C)CC1(C)C. The van der Waals surface area contributed by atoms with Gasteiger partial charge in [0.2, 0.25) is 0 Å². The number of carboxylic acid groups (broad SMARTS) is 1. The molecule has 2 rings (SSSR count). The van der Waals surface area contributed by atoms with E-state index >= 15 is 0 Å². The summed E-state index contributed by atoms with van der Waals surface area (Å²) >= 11 is 0. The van der Waals surface area contributed by atoms with Crippen LogP contribution >= 0.6 is 0 Å². The molecule has 1 aromatic carbocycles. The van der Waals surface area contributed by atoms with E-state index in [1.54, 1.807) is 7.11 Å². The van der Waals surface area contributed by atoms with Gasteiger partial charge in [-0.05, 0) is 44.2 Å². The van der Waals surface area contributed by atoms with Gasteiger partial charge in [0.15, 0.2) is 0 Å². The fourth-order valence-electron chi connectivity index (χ4n) is 3.91. The van der Waals surface area contributed by atoms with Crippen molar-refractivity contribution in [2.75, 3.05) is 12.0 Å². The van der Waals surface area contributed by atoms with Gasteiger partial charge in [-0.15, -0.1) is 0 Å². The van der Waals surface area contributed by atoms with Gasteiger partial charge in [-0.3, -0.25) is 0 Å². The summed E-state index contributed by atoms with van der Waals surface area (Å²) in [5, 5.41) is 9.83. The first-order valence-corrected chi connectivity index (χ1v) is 8.52. The van der Waals surface area contributed by atoms with Crippen molar-refractivity contribution < 1.29 is 14.6 Å². The van der Waals surface area contributed by atoms with Crippen molar-refractivity contribution in [3.8, 4) is 5.75 Å². The van der Waals surface area contributed by atoms with Gasteiger partial charge >= 0.3 is 5.97 Å². The monoisotopic (exact) mass is 319 g/mol. The minimum absolute atomic E-state index is 0.199. The highest BCUT2D eigenvalue weighted by Crippen LogP contribution is 2.46. The zero-order valence-corrected chi connectivity index (χ0v) is 14.9. The van der Waals surface area contributed by atoms with E-state index in [0.29, 0.717) is 12.3 Å². The maximum atomic E-state index is 12.0. The molecule has 1 aliphatic rings. The number of methoxy groups -OCH3 is 1. The number of hydrogen-bond donors (Lipinski definition) is 1. The Morgan fingerprint density at radius 3 is 2.74 bits per heavy atom. The van der Waals surface area contributed by atoms with E-state index in [1.165, 1.54) is 5.56 Å². The Kier molecular flexibility index (Phi) is 5.23. The van der Waals surface area contributed by atoms with E-state index in [4.69, 9.17) is 4.74 Å². The molecule has 0 saturated carbocycles. The van der Waals surface area contributed by atoms with Crippen LogP contribution in [0.2, 0.25) is 0 Å². The van der Waals surface area contributed by atoms with E-state index in [9.17, 15) is 9.90 Å². The second-order valence-electron chi connectivity index (χ2n) is 7.21. The van der Waals surface area contributed by atoms with Crippen LogP contribution in [-0.4, -0.2) is 29.8 Å². The maximum absolute atomic E-state index is 12.0. The van der Waals surface area contributed by atoms with Crippen LogP contribution in [0.3, 0.4) is 0 Å². The molecule has 0 bridgehead atoms. The van der Waals surface area contributed by atoms with Crippen molar-refractivity contribution in [3.63, 3.8) is 0 Å². The summed E-state index contributed by atoms with van der Waals surface area (Å²) in [7, 11) is 1.65. The molecular weight excluding hydrogens is 290 g/mol. The van der Waals surface area contributed by atoms with Gasteiger partial charge in [0.25, 0.3) is 0 Å². The number of rotatable bonds is 6. The zero-order chi connectivity index (χ0) is 17.2. The maximum Gasteiger partial charge on any atom is 0.326 e. The molecule has 0 fully saturated rings. The Balaban J connectivity index is 2.54. The number of ether oxygens (including phenoxy) is 1. The van der Waals surface area contributed by atoms with Crippen molar-refractivity contribution in [1.82, 2.24) is 0 Å².